The molecule has 2 heterocycles. The molecule has 1 atom stereocenters. The molecule has 1 aliphatic carbocycles. The molecular weight excluding hydrogens is 250 g/mol. The average molecular weight is 268 g/mol. The van der Waals surface area contributed by atoms with Gasteiger partial charge in [-0.2, -0.15) is 0 Å². The Bertz CT molecular complexity index is 555. The monoisotopic (exact) mass is 268 g/mol. The summed E-state index contributed by atoms with van der Waals surface area (Å²) in [5, 5.41) is 0. The summed E-state index contributed by atoms with van der Waals surface area (Å²) < 4.78 is 28.4. The van der Waals surface area contributed by atoms with Gasteiger partial charge in [0.2, 0.25) is 0 Å². The van der Waals surface area contributed by atoms with E-state index in [0.29, 0.717) is 19.5 Å². The zero-order valence-corrected chi connectivity index (χ0v) is 11.0. The van der Waals surface area contributed by atoms with Crippen LogP contribution in [0.4, 0.5) is 8.78 Å². The van der Waals surface area contributed by atoms with Crippen molar-refractivity contribution in [3.05, 3.63) is 34.2 Å². The summed E-state index contributed by atoms with van der Waals surface area (Å²) in [7, 11) is 1.70. The summed E-state index contributed by atoms with van der Waals surface area (Å²) >= 11 is 0. The fraction of sp³-hybridized carbons (Fsp3) is 0.643. The van der Waals surface area contributed by atoms with Gasteiger partial charge in [0.25, 0.3) is 11.5 Å². The summed E-state index contributed by atoms with van der Waals surface area (Å²) in [5.74, 6) is -2.47. The van der Waals surface area contributed by atoms with Crippen molar-refractivity contribution in [1.82, 2.24) is 9.47 Å². The van der Waals surface area contributed by atoms with E-state index in [-0.39, 0.29) is 12.0 Å². The lowest BCUT2D eigenvalue weighted by Crippen LogP contribution is -2.38. The predicted octanol–water partition coefficient (Wildman–Crippen LogP) is 2.01. The molecule has 1 spiro atoms. The molecule has 1 aromatic rings. The van der Waals surface area contributed by atoms with Crippen LogP contribution in [-0.2, 0) is 13.6 Å². The van der Waals surface area contributed by atoms with E-state index in [1.165, 1.54) is 4.57 Å². The largest absolute Gasteiger partial charge is 0.319 e. The van der Waals surface area contributed by atoms with Crippen LogP contribution in [-0.4, -0.2) is 28.5 Å². The van der Waals surface area contributed by atoms with E-state index in [1.807, 2.05) is 6.07 Å². The molecule has 2 fully saturated rings. The number of pyridine rings is 1. The standard InChI is InChI=1S/C14H18F2N2O/c1-17-6-3-11(7-12(17)19)8-18-5-2-4-13(10-18)9-14(13,15)16/h3,6-7H,2,4-5,8-10H2,1H3. The second kappa shape index (κ2) is 4.13. The van der Waals surface area contributed by atoms with Crippen molar-refractivity contribution in [2.45, 2.75) is 31.7 Å². The van der Waals surface area contributed by atoms with Gasteiger partial charge in [0.1, 0.15) is 0 Å². The highest BCUT2D eigenvalue weighted by atomic mass is 19.3. The van der Waals surface area contributed by atoms with Crippen molar-refractivity contribution in [2.75, 3.05) is 13.1 Å². The number of nitrogens with zero attached hydrogens (tertiary/aromatic N) is 2. The first kappa shape index (κ1) is 12.8. The van der Waals surface area contributed by atoms with Crippen molar-refractivity contribution in [1.29, 1.82) is 0 Å². The molecule has 19 heavy (non-hydrogen) atoms. The molecule has 0 radical (unpaired) electrons. The number of alkyl halides is 2. The van der Waals surface area contributed by atoms with Crippen molar-refractivity contribution < 1.29 is 8.78 Å². The molecule has 3 nitrogen and oxygen atoms in total. The number of aryl methyl sites for hydroxylation is 1. The number of aromatic nitrogens is 1. The predicted molar refractivity (Wildman–Crippen MR) is 68.2 cm³/mol. The van der Waals surface area contributed by atoms with E-state index >= 15 is 0 Å². The molecule has 1 saturated heterocycles. The van der Waals surface area contributed by atoms with E-state index in [0.717, 1.165) is 18.5 Å². The molecule has 1 aliphatic heterocycles. The van der Waals surface area contributed by atoms with E-state index in [1.54, 1.807) is 19.3 Å². The van der Waals surface area contributed by atoms with Gasteiger partial charge in [-0.25, -0.2) is 8.78 Å². The first-order chi connectivity index (χ1) is 8.92. The molecule has 2 aliphatic rings. The van der Waals surface area contributed by atoms with Crippen LogP contribution in [0.1, 0.15) is 24.8 Å². The number of piperidine rings is 1. The Hall–Kier alpha value is -1.23. The molecule has 0 aromatic carbocycles. The van der Waals surface area contributed by atoms with Gasteiger partial charge in [0.05, 0.1) is 5.41 Å². The summed E-state index contributed by atoms with van der Waals surface area (Å²) in [5.41, 5.74) is 0.0791. The molecule has 1 unspecified atom stereocenters. The smallest absolute Gasteiger partial charge is 0.255 e. The summed E-state index contributed by atoms with van der Waals surface area (Å²) in [6.45, 7) is 1.89. The second-order valence-corrected chi connectivity index (χ2v) is 5.96. The van der Waals surface area contributed by atoms with E-state index in [4.69, 9.17) is 0 Å². The summed E-state index contributed by atoms with van der Waals surface area (Å²) in [6.07, 6.45) is 3.21. The molecule has 1 saturated carbocycles. The van der Waals surface area contributed by atoms with Gasteiger partial charge in [0.15, 0.2) is 0 Å². The Balaban J connectivity index is 1.70. The fourth-order valence-electron chi connectivity index (χ4n) is 3.13. The number of likely N-dealkylation sites (tertiary alicyclic amines) is 1. The third-order valence-electron chi connectivity index (χ3n) is 4.44. The van der Waals surface area contributed by atoms with Crippen LogP contribution in [0.2, 0.25) is 0 Å². The molecule has 0 N–H and O–H groups in total. The highest BCUT2D eigenvalue weighted by molar-refractivity contribution is 5.15. The lowest BCUT2D eigenvalue weighted by Gasteiger charge is -2.33. The van der Waals surface area contributed by atoms with Gasteiger partial charge < -0.3 is 4.57 Å². The lowest BCUT2D eigenvalue weighted by molar-refractivity contribution is 0.0228. The molecule has 0 amide bonds. The average Bonchev–Trinajstić information content (AvgIpc) is 2.84. The Labute approximate surface area is 110 Å². The minimum Gasteiger partial charge on any atom is -0.319 e. The van der Waals surface area contributed by atoms with Crippen molar-refractivity contribution >= 4 is 0 Å². The van der Waals surface area contributed by atoms with Crippen molar-refractivity contribution in [3.63, 3.8) is 0 Å². The summed E-state index contributed by atoms with van der Waals surface area (Å²) in [4.78, 5) is 13.6. The Morgan fingerprint density at radius 1 is 1.42 bits per heavy atom. The van der Waals surface area contributed by atoms with E-state index in [2.05, 4.69) is 4.90 Å². The Morgan fingerprint density at radius 2 is 2.16 bits per heavy atom. The summed E-state index contributed by atoms with van der Waals surface area (Å²) in [6, 6.07) is 3.47. The highest BCUT2D eigenvalue weighted by Crippen LogP contribution is 2.64. The van der Waals surface area contributed by atoms with Crippen LogP contribution < -0.4 is 5.56 Å². The molecule has 0 bridgehead atoms. The quantitative estimate of drug-likeness (QED) is 0.819. The number of halogens is 2. The number of rotatable bonds is 2. The van der Waals surface area contributed by atoms with E-state index in [9.17, 15) is 13.6 Å². The first-order valence-corrected chi connectivity index (χ1v) is 6.68. The topological polar surface area (TPSA) is 25.2 Å². The lowest BCUT2D eigenvalue weighted by atomic mass is 9.94. The SMILES string of the molecule is Cn1ccc(CN2CCCC3(C2)CC3(F)F)cc1=O. The van der Waals surface area contributed by atoms with Crippen molar-refractivity contribution in [2.24, 2.45) is 12.5 Å². The highest BCUT2D eigenvalue weighted by Gasteiger charge is 2.71. The minimum atomic E-state index is -2.47. The number of hydrogen-bond acceptors (Lipinski definition) is 2. The van der Waals surface area contributed by atoms with Gasteiger partial charge in [-0.05, 0) is 31.0 Å². The van der Waals surface area contributed by atoms with Crippen LogP contribution in [0, 0.1) is 5.41 Å². The van der Waals surface area contributed by atoms with Crippen LogP contribution >= 0.6 is 0 Å². The van der Waals surface area contributed by atoms with Gasteiger partial charge in [0, 0.05) is 38.8 Å². The Kier molecular flexibility index (Phi) is 2.78. The van der Waals surface area contributed by atoms with E-state index < -0.39 is 11.3 Å². The molecule has 3 rings (SSSR count). The molecule has 1 aromatic heterocycles. The molecular formula is C14H18F2N2O. The van der Waals surface area contributed by atoms with Gasteiger partial charge in [-0.1, -0.05) is 0 Å². The Morgan fingerprint density at radius 3 is 2.79 bits per heavy atom. The maximum Gasteiger partial charge on any atom is 0.255 e. The zero-order chi connectivity index (χ0) is 13.7. The van der Waals surface area contributed by atoms with Gasteiger partial charge in [-0.15, -0.1) is 0 Å². The zero-order valence-electron chi connectivity index (χ0n) is 11.0. The maximum atomic E-state index is 13.4. The third-order valence-corrected chi connectivity index (χ3v) is 4.44. The first-order valence-electron chi connectivity index (χ1n) is 6.68. The maximum absolute atomic E-state index is 13.4. The molecule has 5 heteroatoms. The third kappa shape index (κ3) is 2.20. The van der Waals surface area contributed by atoms with Crippen LogP contribution in [0.25, 0.3) is 0 Å². The van der Waals surface area contributed by atoms with Gasteiger partial charge in [-0.3, -0.25) is 9.69 Å². The fourth-order valence-corrected chi connectivity index (χ4v) is 3.13. The van der Waals surface area contributed by atoms with Crippen LogP contribution in [0.3, 0.4) is 0 Å². The van der Waals surface area contributed by atoms with Crippen molar-refractivity contribution in [3.8, 4) is 0 Å². The second-order valence-electron chi connectivity index (χ2n) is 5.96. The normalized spacial score (nSPS) is 29.6. The van der Waals surface area contributed by atoms with Crippen LogP contribution in [0.5, 0.6) is 0 Å². The number of hydrogen-bond donors (Lipinski definition) is 0. The molecule has 104 valence electrons. The van der Waals surface area contributed by atoms with Crippen LogP contribution in [0.15, 0.2) is 23.1 Å². The minimum absolute atomic E-state index is 0.0348. The van der Waals surface area contributed by atoms with Gasteiger partial charge >= 0.3 is 0 Å².